The van der Waals surface area contributed by atoms with Crippen LogP contribution in [0.2, 0.25) is 5.02 Å². The SMILES string of the molecule is Cc1cc(Cl)c(C(=O)NCCc2ccncc2)cn1. The lowest BCUT2D eigenvalue weighted by Gasteiger charge is -2.07. The summed E-state index contributed by atoms with van der Waals surface area (Å²) in [4.78, 5) is 19.9. The van der Waals surface area contributed by atoms with Crippen molar-refractivity contribution < 1.29 is 4.79 Å². The van der Waals surface area contributed by atoms with Gasteiger partial charge in [-0.2, -0.15) is 0 Å². The predicted octanol–water partition coefficient (Wildman–Crippen LogP) is 2.41. The van der Waals surface area contributed by atoms with E-state index in [1.165, 1.54) is 6.20 Å². The number of hydrogen-bond acceptors (Lipinski definition) is 3. The van der Waals surface area contributed by atoms with Gasteiger partial charge in [0, 0.05) is 30.8 Å². The molecular formula is C14H14ClN3O. The van der Waals surface area contributed by atoms with Crippen molar-refractivity contribution in [3.63, 3.8) is 0 Å². The zero-order valence-corrected chi connectivity index (χ0v) is 11.3. The summed E-state index contributed by atoms with van der Waals surface area (Å²) in [5.74, 6) is -0.202. The second kappa shape index (κ2) is 6.29. The van der Waals surface area contributed by atoms with Gasteiger partial charge in [0.05, 0.1) is 10.6 Å². The number of amides is 1. The van der Waals surface area contributed by atoms with E-state index in [4.69, 9.17) is 11.6 Å². The van der Waals surface area contributed by atoms with Crippen LogP contribution in [0.1, 0.15) is 21.6 Å². The fourth-order valence-corrected chi connectivity index (χ4v) is 1.95. The molecule has 0 saturated heterocycles. The van der Waals surface area contributed by atoms with Crippen molar-refractivity contribution in [3.05, 3.63) is 58.6 Å². The summed E-state index contributed by atoms with van der Waals surface area (Å²) >= 11 is 6.01. The molecular weight excluding hydrogens is 262 g/mol. The van der Waals surface area contributed by atoms with E-state index in [0.717, 1.165) is 17.7 Å². The highest BCUT2D eigenvalue weighted by atomic mass is 35.5. The molecule has 4 nitrogen and oxygen atoms in total. The largest absolute Gasteiger partial charge is 0.352 e. The molecule has 1 N–H and O–H groups in total. The van der Waals surface area contributed by atoms with E-state index >= 15 is 0 Å². The predicted molar refractivity (Wildman–Crippen MR) is 74.3 cm³/mol. The first kappa shape index (κ1) is 13.5. The van der Waals surface area contributed by atoms with E-state index in [1.54, 1.807) is 18.5 Å². The summed E-state index contributed by atoms with van der Waals surface area (Å²) in [5.41, 5.74) is 2.32. The fourth-order valence-electron chi connectivity index (χ4n) is 1.66. The topological polar surface area (TPSA) is 54.9 Å². The second-order valence-corrected chi connectivity index (χ2v) is 4.57. The zero-order valence-electron chi connectivity index (χ0n) is 10.6. The van der Waals surface area contributed by atoms with Crippen LogP contribution in [0.15, 0.2) is 36.8 Å². The lowest BCUT2D eigenvalue weighted by atomic mass is 10.2. The quantitative estimate of drug-likeness (QED) is 0.932. The van der Waals surface area contributed by atoms with Gasteiger partial charge in [-0.3, -0.25) is 14.8 Å². The number of hydrogen-bond donors (Lipinski definition) is 1. The molecule has 0 bridgehead atoms. The Balaban J connectivity index is 1.91. The number of halogens is 1. The number of rotatable bonds is 4. The molecule has 0 atom stereocenters. The normalized spacial score (nSPS) is 10.2. The zero-order chi connectivity index (χ0) is 13.7. The van der Waals surface area contributed by atoms with Gasteiger partial charge in [0.1, 0.15) is 0 Å². The Morgan fingerprint density at radius 2 is 2.11 bits per heavy atom. The monoisotopic (exact) mass is 275 g/mol. The van der Waals surface area contributed by atoms with Gasteiger partial charge in [-0.25, -0.2) is 0 Å². The number of aryl methyl sites for hydroxylation is 1. The highest BCUT2D eigenvalue weighted by Gasteiger charge is 2.10. The first-order valence-corrected chi connectivity index (χ1v) is 6.34. The summed E-state index contributed by atoms with van der Waals surface area (Å²) in [6.07, 6.45) is 5.72. The van der Waals surface area contributed by atoms with Crippen LogP contribution in [0, 0.1) is 6.92 Å². The molecule has 0 radical (unpaired) electrons. The maximum atomic E-state index is 11.9. The van der Waals surface area contributed by atoms with Gasteiger partial charge in [0.25, 0.3) is 5.91 Å². The highest BCUT2D eigenvalue weighted by molar-refractivity contribution is 6.33. The third-order valence-electron chi connectivity index (χ3n) is 2.68. The van der Waals surface area contributed by atoms with Gasteiger partial charge in [-0.05, 0) is 37.1 Å². The Hall–Kier alpha value is -1.94. The smallest absolute Gasteiger partial charge is 0.254 e. The Morgan fingerprint density at radius 3 is 2.79 bits per heavy atom. The molecule has 2 aromatic rings. The first-order valence-electron chi connectivity index (χ1n) is 5.96. The Morgan fingerprint density at radius 1 is 1.37 bits per heavy atom. The summed E-state index contributed by atoms with van der Waals surface area (Å²) in [6, 6.07) is 5.53. The second-order valence-electron chi connectivity index (χ2n) is 4.17. The molecule has 0 aromatic carbocycles. The van der Waals surface area contributed by atoms with Crippen LogP contribution in [0.4, 0.5) is 0 Å². The molecule has 0 saturated carbocycles. The average Bonchev–Trinajstić information content (AvgIpc) is 2.39. The fraction of sp³-hybridized carbons (Fsp3) is 0.214. The van der Waals surface area contributed by atoms with Crippen LogP contribution < -0.4 is 5.32 Å². The number of carbonyl (C=O) groups excluding carboxylic acids is 1. The molecule has 0 aliphatic rings. The average molecular weight is 276 g/mol. The maximum Gasteiger partial charge on any atom is 0.254 e. The van der Waals surface area contributed by atoms with Crippen LogP contribution in [-0.4, -0.2) is 22.4 Å². The van der Waals surface area contributed by atoms with E-state index < -0.39 is 0 Å². The third-order valence-corrected chi connectivity index (χ3v) is 3.00. The Bertz CT molecular complexity index is 572. The first-order chi connectivity index (χ1) is 9.16. The molecule has 2 aromatic heterocycles. The van der Waals surface area contributed by atoms with E-state index in [2.05, 4.69) is 15.3 Å². The van der Waals surface area contributed by atoms with Crippen LogP contribution in [-0.2, 0) is 6.42 Å². The molecule has 0 unspecified atom stereocenters. The molecule has 2 rings (SSSR count). The Labute approximate surface area is 116 Å². The van der Waals surface area contributed by atoms with E-state index in [-0.39, 0.29) is 5.91 Å². The minimum atomic E-state index is -0.202. The van der Waals surface area contributed by atoms with Gasteiger partial charge in [-0.1, -0.05) is 11.6 Å². The molecule has 0 fully saturated rings. The van der Waals surface area contributed by atoms with Gasteiger partial charge in [0.2, 0.25) is 0 Å². The van der Waals surface area contributed by atoms with Crippen molar-refractivity contribution in [1.29, 1.82) is 0 Å². The standard InChI is InChI=1S/C14H14ClN3O/c1-10-8-13(15)12(9-18-10)14(19)17-7-4-11-2-5-16-6-3-11/h2-3,5-6,8-9H,4,7H2,1H3,(H,17,19). The number of nitrogens with one attached hydrogen (secondary N) is 1. The molecule has 1 amide bonds. The van der Waals surface area contributed by atoms with Crippen LogP contribution >= 0.6 is 11.6 Å². The molecule has 98 valence electrons. The molecule has 0 aliphatic heterocycles. The Kier molecular flexibility index (Phi) is 4.47. The molecule has 19 heavy (non-hydrogen) atoms. The van der Waals surface area contributed by atoms with Crippen LogP contribution in [0.3, 0.4) is 0 Å². The maximum absolute atomic E-state index is 11.9. The van der Waals surface area contributed by atoms with Gasteiger partial charge in [-0.15, -0.1) is 0 Å². The number of nitrogens with zero attached hydrogens (tertiary/aromatic N) is 2. The lowest BCUT2D eigenvalue weighted by molar-refractivity contribution is 0.0954. The van der Waals surface area contributed by atoms with Crippen molar-refractivity contribution >= 4 is 17.5 Å². The van der Waals surface area contributed by atoms with Crippen LogP contribution in [0.25, 0.3) is 0 Å². The summed E-state index contributed by atoms with van der Waals surface area (Å²) < 4.78 is 0. The summed E-state index contributed by atoms with van der Waals surface area (Å²) in [7, 11) is 0. The number of aromatic nitrogens is 2. The summed E-state index contributed by atoms with van der Waals surface area (Å²) in [6.45, 7) is 2.38. The van der Waals surface area contributed by atoms with Crippen molar-refractivity contribution in [1.82, 2.24) is 15.3 Å². The van der Waals surface area contributed by atoms with Gasteiger partial charge in [0.15, 0.2) is 0 Å². The molecule has 0 spiro atoms. The van der Waals surface area contributed by atoms with Crippen LogP contribution in [0.5, 0.6) is 0 Å². The van der Waals surface area contributed by atoms with Crippen molar-refractivity contribution in [2.24, 2.45) is 0 Å². The minimum absolute atomic E-state index is 0.202. The molecule has 5 heteroatoms. The lowest BCUT2D eigenvalue weighted by Crippen LogP contribution is -2.26. The van der Waals surface area contributed by atoms with Gasteiger partial charge >= 0.3 is 0 Å². The van der Waals surface area contributed by atoms with E-state index in [1.807, 2.05) is 19.1 Å². The molecule has 2 heterocycles. The number of pyridine rings is 2. The number of carbonyl (C=O) groups is 1. The highest BCUT2D eigenvalue weighted by Crippen LogP contribution is 2.15. The van der Waals surface area contributed by atoms with Crippen molar-refractivity contribution in [2.75, 3.05) is 6.54 Å². The van der Waals surface area contributed by atoms with Crippen molar-refractivity contribution in [3.8, 4) is 0 Å². The van der Waals surface area contributed by atoms with Crippen molar-refractivity contribution in [2.45, 2.75) is 13.3 Å². The molecule has 0 aliphatic carbocycles. The van der Waals surface area contributed by atoms with Gasteiger partial charge < -0.3 is 5.32 Å². The van der Waals surface area contributed by atoms with E-state index in [0.29, 0.717) is 17.1 Å². The minimum Gasteiger partial charge on any atom is -0.352 e. The third kappa shape index (κ3) is 3.76. The van der Waals surface area contributed by atoms with E-state index in [9.17, 15) is 4.79 Å². The summed E-state index contributed by atoms with van der Waals surface area (Å²) in [5, 5.41) is 3.25.